The van der Waals surface area contributed by atoms with E-state index in [1.165, 1.54) is 18.6 Å². The number of aromatic nitrogens is 2. The molecule has 0 N–H and O–H groups in total. The predicted molar refractivity (Wildman–Crippen MR) is 134 cm³/mol. The molecular weight excluding hydrogens is 461 g/mol. The molecule has 1 fully saturated rings. The molecule has 1 saturated carbocycles. The number of fused-ring (bicyclic) bond motifs is 3. The van der Waals surface area contributed by atoms with Crippen LogP contribution >= 0.6 is 11.6 Å². The van der Waals surface area contributed by atoms with Crippen LogP contribution in [0.1, 0.15) is 65.7 Å². The van der Waals surface area contributed by atoms with Crippen LogP contribution in [-0.2, 0) is 13.0 Å². The van der Waals surface area contributed by atoms with Crippen molar-refractivity contribution in [2.75, 3.05) is 0 Å². The van der Waals surface area contributed by atoms with Crippen LogP contribution in [0.15, 0.2) is 60.3 Å². The van der Waals surface area contributed by atoms with E-state index in [2.05, 4.69) is 28.7 Å². The number of allylic oxidation sites excluding steroid dienone is 1. The molecule has 174 valence electrons. The summed E-state index contributed by atoms with van der Waals surface area (Å²) >= 11 is 6.48. The molecule has 0 spiro atoms. The van der Waals surface area contributed by atoms with Gasteiger partial charge in [0.1, 0.15) is 18.2 Å². The number of ether oxygens (including phenoxy) is 1. The van der Waals surface area contributed by atoms with Gasteiger partial charge in [0.25, 0.3) is 0 Å². The average molecular weight is 484 g/mol. The lowest BCUT2D eigenvalue weighted by atomic mass is 9.81. The highest BCUT2D eigenvalue weighted by atomic mass is 35.5. The Morgan fingerprint density at radius 1 is 1.20 bits per heavy atom. The fourth-order valence-electron chi connectivity index (χ4n) is 5.18. The molecule has 0 atom stereocenters. The largest absolute Gasteiger partial charge is 0.488 e. The summed E-state index contributed by atoms with van der Waals surface area (Å²) in [5, 5.41) is 10.4. The molecular formula is C29H23ClFN3O. The van der Waals surface area contributed by atoms with Gasteiger partial charge in [-0.2, -0.15) is 5.26 Å². The minimum absolute atomic E-state index is 0.302. The van der Waals surface area contributed by atoms with E-state index in [9.17, 15) is 9.65 Å². The molecule has 2 aromatic heterocycles. The van der Waals surface area contributed by atoms with Gasteiger partial charge in [-0.25, -0.2) is 9.37 Å². The minimum atomic E-state index is -0.362. The first-order chi connectivity index (χ1) is 17.0. The molecule has 2 aliphatic rings. The number of nitrogens with zero attached hydrogens (tertiary/aromatic N) is 3. The Hall–Kier alpha value is -3.62. The third-order valence-electron chi connectivity index (χ3n) is 7.17. The van der Waals surface area contributed by atoms with Crippen molar-refractivity contribution in [3.63, 3.8) is 0 Å². The maximum absolute atomic E-state index is 14.0. The van der Waals surface area contributed by atoms with Gasteiger partial charge in [0.05, 0.1) is 22.5 Å². The van der Waals surface area contributed by atoms with E-state index >= 15 is 0 Å². The molecule has 0 unspecified atom stereocenters. The van der Waals surface area contributed by atoms with E-state index in [0.717, 1.165) is 57.7 Å². The number of benzene rings is 2. The first-order valence-corrected chi connectivity index (χ1v) is 12.2. The number of imidazole rings is 1. The Labute approximate surface area is 208 Å². The zero-order valence-corrected chi connectivity index (χ0v) is 20.1. The molecule has 2 aromatic carbocycles. The molecule has 0 radical (unpaired) electrons. The van der Waals surface area contributed by atoms with Crippen molar-refractivity contribution in [3.8, 4) is 11.8 Å². The standard InChI is InChI=1S/C29H23ClFN3O/c1-17(15-32)27-22-9-7-18(12-20(22)16-35-26-14-21(31)8-10-23(26)27)13-25-28(19-4-2-5-19)33-29-24(30)6-3-11-34(25)29/h3,6-12,14,19H,2,4-5,13,16H2,1H3/b27-17+. The lowest BCUT2D eigenvalue weighted by Gasteiger charge is -2.24. The third-order valence-corrected chi connectivity index (χ3v) is 7.47. The van der Waals surface area contributed by atoms with E-state index in [-0.39, 0.29) is 5.82 Å². The number of pyridine rings is 1. The van der Waals surface area contributed by atoms with Gasteiger partial charge in [0.15, 0.2) is 5.65 Å². The Morgan fingerprint density at radius 2 is 2.03 bits per heavy atom. The summed E-state index contributed by atoms with van der Waals surface area (Å²) in [4.78, 5) is 4.94. The Bertz CT molecular complexity index is 1560. The van der Waals surface area contributed by atoms with Gasteiger partial charge in [-0.1, -0.05) is 36.2 Å². The van der Waals surface area contributed by atoms with Crippen molar-refractivity contribution in [3.05, 3.63) is 105 Å². The van der Waals surface area contributed by atoms with Crippen LogP contribution < -0.4 is 4.74 Å². The van der Waals surface area contributed by atoms with Gasteiger partial charge in [-0.15, -0.1) is 0 Å². The highest BCUT2D eigenvalue weighted by Gasteiger charge is 2.28. The van der Waals surface area contributed by atoms with Crippen LogP contribution in [0.25, 0.3) is 11.2 Å². The number of rotatable bonds is 3. The smallest absolute Gasteiger partial charge is 0.156 e. The van der Waals surface area contributed by atoms with Gasteiger partial charge in [-0.05, 0) is 60.7 Å². The molecule has 0 bridgehead atoms. The summed E-state index contributed by atoms with van der Waals surface area (Å²) in [6.45, 7) is 2.09. The highest BCUT2D eigenvalue weighted by molar-refractivity contribution is 6.33. The molecule has 35 heavy (non-hydrogen) atoms. The number of nitriles is 1. The second-order valence-corrected chi connectivity index (χ2v) is 9.74. The van der Waals surface area contributed by atoms with Crippen LogP contribution in [0.3, 0.4) is 0 Å². The maximum Gasteiger partial charge on any atom is 0.156 e. The Kier molecular flexibility index (Phi) is 5.35. The van der Waals surface area contributed by atoms with Gasteiger partial charge in [0.2, 0.25) is 0 Å². The Balaban J connectivity index is 1.45. The van der Waals surface area contributed by atoms with E-state index in [1.54, 1.807) is 13.0 Å². The second-order valence-electron chi connectivity index (χ2n) is 9.33. The third kappa shape index (κ3) is 3.69. The second kappa shape index (κ2) is 8.55. The summed E-state index contributed by atoms with van der Waals surface area (Å²) in [6.07, 6.45) is 6.28. The van der Waals surface area contributed by atoms with Gasteiger partial charge >= 0.3 is 0 Å². The van der Waals surface area contributed by atoms with Crippen molar-refractivity contribution >= 4 is 22.8 Å². The van der Waals surface area contributed by atoms with Crippen molar-refractivity contribution in [1.29, 1.82) is 5.26 Å². The van der Waals surface area contributed by atoms with E-state index in [4.69, 9.17) is 21.3 Å². The van der Waals surface area contributed by atoms with Crippen LogP contribution in [0.4, 0.5) is 4.39 Å². The number of halogens is 2. The average Bonchev–Trinajstić information content (AvgIpc) is 3.08. The van der Waals surface area contributed by atoms with Gasteiger partial charge < -0.3 is 9.14 Å². The highest BCUT2D eigenvalue weighted by Crippen LogP contribution is 2.41. The van der Waals surface area contributed by atoms with E-state index in [1.807, 2.05) is 18.3 Å². The molecule has 4 aromatic rings. The summed E-state index contributed by atoms with van der Waals surface area (Å²) in [5.41, 5.74) is 8.24. The molecule has 3 heterocycles. The quantitative estimate of drug-likeness (QED) is 0.289. The summed E-state index contributed by atoms with van der Waals surface area (Å²) in [7, 11) is 0. The molecule has 1 aliphatic carbocycles. The molecule has 6 rings (SSSR count). The first kappa shape index (κ1) is 21.9. The molecule has 0 saturated heterocycles. The number of hydrogen-bond acceptors (Lipinski definition) is 3. The van der Waals surface area contributed by atoms with Crippen LogP contribution in [0.5, 0.6) is 5.75 Å². The van der Waals surface area contributed by atoms with Crippen LogP contribution in [0, 0.1) is 17.1 Å². The number of hydrogen-bond donors (Lipinski definition) is 0. The first-order valence-electron chi connectivity index (χ1n) is 11.8. The molecule has 4 nitrogen and oxygen atoms in total. The van der Waals surface area contributed by atoms with Crippen molar-refractivity contribution in [2.24, 2.45) is 0 Å². The zero-order valence-electron chi connectivity index (χ0n) is 19.3. The predicted octanol–water partition coefficient (Wildman–Crippen LogP) is 7.22. The van der Waals surface area contributed by atoms with Crippen molar-refractivity contribution in [1.82, 2.24) is 9.38 Å². The monoisotopic (exact) mass is 483 g/mol. The van der Waals surface area contributed by atoms with E-state index < -0.39 is 0 Å². The minimum Gasteiger partial charge on any atom is -0.488 e. The van der Waals surface area contributed by atoms with Crippen molar-refractivity contribution < 1.29 is 9.13 Å². The lowest BCUT2D eigenvalue weighted by molar-refractivity contribution is 0.305. The lowest BCUT2D eigenvalue weighted by Crippen LogP contribution is -2.12. The van der Waals surface area contributed by atoms with Gasteiger partial charge in [-0.3, -0.25) is 0 Å². The molecule has 1 aliphatic heterocycles. The molecule has 6 heteroatoms. The SMILES string of the molecule is C/C(C#N)=C1/c2ccc(Cc3c(C4CCC4)nc4c(Cl)cccn34)cc2COc2cc(F)ccc21. The fraction of sp³-hybridized carbons (Fsp3) is 0.241. The summed E-state index contributed by atoms with van der Waals surface area (Å²) < 4.78 is 22.1. The topological polar surface area (TPSA) is 50.3 Å². The maximum atomic E-state index is 14.0. The van der Waals surface area contributed by atoms with Gasteiger partial charge in [0, 0.05) is 41.3 Å². The zero-order chi connectivity index (χ0) is 24.1. The van der Waals surface area contributed by atoms with Crippen LogP contribution in [0.2, 0.25) is 5.02 Å². The van der Waals surface area contributed by atoms with Crippen LogP contribution in [-0.4, -0.2) is 9.38 Å². The fourth-order valence-corrected chi connectivity index (χ4v) is 5.39. The normalized spacial score (nSPS) is 16.5. The van der Waals surface area contributed by atoms with Crippen molar-refractivity contribution in [2.45, 2.75) is 45.1 Å². The summed E-state index contributed by atoms with van der Waals surface area (Å²) in [6, 6.07) is 16.9. The summed E-state index contributed by atoms with van der Waals surface area (Å²) in [5.74, 6) is 0.567. The molecule has 0 amide bonds. The Morgan fingerprint density at radius 3 is 2.80 bits per heavy atom. The van der Waals surface area contributed by atoms with E-state index in [0.29, 0.717) is 35.3 Å².